The van der Waals surface area contributed by atoms with E-state index in [0.29, 0.717) is 12.6 Å². The quantitative estimate of drug-likeness (QED) is 0.634. The van der Waals surface area contributed by atoms with Crippen molar-refractivity contribution in [3.05, 3.63) is 54.0 Å². The number of nitrogens with zero attached hydrogens (tertiary/aromatic N) is 3. The van der Waals surface area contributed by atoms with Crippen molar-refractivity contribution >= 4 is 11.0 Å². The zero-order valence-corrected chi connectivity index (χ0v) is 14.1. The number of fused-ring (bicyclic) bond motifs is 1. The number of imidazole rings is 1. The molecule has 1 aromatic carbocycles. The Balaban J connectivity index is 1.68. The Morgan fingerprint density at radius 1 is 1.21 bits per heavy atom. The van der Waals surface area contributed by atoms with Crippen LogP contribution < -0.4 is 4.74 Å². The molecule has 0 spiro atoms. The Kier molecular flexibility index (Phi) is 4.20. The minimum absolute atomic E-state index is 0.538. The van der Waals surface area contributed by atoms with Gasteiger partial charge in [-0.15, -0.1) is 0 Å². The molecule has 0 aliphatic heterocycles. The molecule has 24 heavy (non-hydrogen) atoms. The maximum atomic E-state index is 6.13. The Hall–Kier alpha value is -2.36. The Morgan fingerprint density at radius 3 is 2.79 bits per heavy atom. The van der Waals surface area contributed by atoms with Gasteiger partial charge in [-0.1, -0.05) is 43.7 Å². The Morgan fingerprint density at radius 2 is 2.04 bits per heavy atom. The van der Waals surface area contributed by atoms with Gasteiger partial charge >= 0.3 is 0 Å². The highest BCUT2D eigenvalue weighted by Gasteiger charge is 2.27. The van der Waals surface area contributed by atoms with Gasteiger partial charge in [-0.25, -0.2) is 9.97 Å². The van der Waals surface area contributed by atoms with E-state index in [1.807, 2.05) is 24.5 Å². The number of aryl methyl sites for hydroxylation is 1. The Labute approximate surface area is 142 Å². The van der Waals surface area contributed by atoms with Crippen LogP contribution in [0.2, 0.25) is 0 Å². The molecular formula is C20H23N3O. The summed E-state index contributed by atoms with van der Waals surface area (Å²) >= 11 is 0. The molecular weight excluding hydrogens is 298 g/mol. The first-order chi connectivity index (χ1) is 11.8. The van der Waals surface area contributed by atoms with Crippen molar-refractivity contribution in [1.29, 1.82) is 0 Å². The summed E-state index contributed by atoms with van der Waals surface area (Å²) in [5, 5.41) is 0. The van der Waals surface area contributed by atoms with Gasteiger partial charge in [0.15, 0.2) is 0 Å². The van der Waals surface area contributed by atoms with Gasteiger partial charge in [0, 0.05) is 11.7 Å². The first-order valence-corrected chi connectivity index (χ1v) is 8.88. The summed E-state index contributed by atoms with van der Waals surface area (Å²) in [6, 6.07) is 12.9. The third-order valence-electron chi connectivity index (χ3n) is 4.52. The van der Waals surface area contributed by atoms with Crippen LogP contribution in [0.3, 0.4) is 0 Å². The second-order valence-corrected chi connectivity index (χ2v) is 6.55. The van der Waals surface area contributed by atoms with Crippen LogP contribution in [0.25, 0.3) is 11.0 Å². The number of aromatic nitrogens is 3. The SMILES string of the molecule is CCCCc1cc2ncn(C3CC3)c2c(OCc2ccccc2)n1. The third kappa shape index (κ3) is 3.14. The van der Waals surface area contributed by atoms with E-state index in [0.717, 1.165) is 47.4 Å². The average molecular weight is 321 g/mol. The molecule has 124 valence electrons. The van der Waals surface area contributed by atoms with Gasteiger partial charge in [0.2, 0.25) is 5.88 Å². The molecule has 4 heteroatoms. The summed E-state index contributed by atoms with van der Waals surface area (Å²) < 4.78 is 8.37. The number of benzene rings is 1. The van der Waals surface area contributed by atoms with E-state index in [-0.39, 0.29) is 0 Å². The minimum Gasteiger partial charge on any atom is -0.471 e. The molecule has 1 fully saturated rings. The second kappa shape index (κ2) is 6.63. The molecule has 4 nitrogen and oxygen atoms in total. The average Bonchev–Trinajstić information content (AvgIpc) is 3.38. The topological polar surface area (TPSA) is 39.9 Å². The van der Waals surface area contributed by atoms with E-state index in [2.05, 4.69) is 34.7 Å². The van der Waals surface area contributed by atoms with E-state index in [9.17, 15) is 0 Å². The van der Waals surface area contributed by atoms with E-state index >= 15 is 0 Å². The van der Waals surface area contributed by atoms with Gasteiger partial charge in [-0.2, -0.15) is 0 Å². The van der Waals surface area contributed by atoms with Crippen LogP contribution in [0.1, 0.15) is 49.9 Å². The molecule has 0 saturated heterocycles. The van der Waals surface area contributed by atoms with Crippen LogP contribution in [-0.4, -0.2) is 14.5 Å². The molecule has 0 unspecified atom stereocenters. The maximum absolute atomic E-state index is 6.13. The number of rotatable bonds is 7. The van der Waals surface area contributed by atoms with Crippen LogP contribution in [0.5, 0.6) is 5.88 Å². The van der Waals surface area contributed by atoms with Crippen LogP contribution in [-0.2, 0) is 13.0 Å². The highest BCUT2D eigenvalue weighted by atomic mass is 16.5. The number of hydrogen-bond acceptors (Lipinski definition) is 3. The molecule has 0 atom stereocenters. The molecule has 1 aliphatic carbocycles. The predicted molar refractivity (Wildman–Crippen MR) is 95.2 cm³/mol. The molecule has 1 saturated carbocycles. The van der Waals surface area contributed by atoms with Gasteiger partial charge in [-0.3, -0.25) is 0 Å². The molecule has 0 N–H and O–H groups in total. The van der Waals surface area contributed by atoms with Crippen LogP contribution in [0.4, 0.5) is 0 Å². The molecule has 0 radical (unpaired) electrons. The van der Waals surface area contributed by atoms with E-state index in [1.54, 1.807) is 0 Å². The van der Waals surface area contributed by atoms with Crippen molar-refractivity contribution in [2.24, 2.45) is 0 Å². The van der Waals surface area contributed by atoms with Crippen molar-refractivity contribution in [3.8, 4) is 5.88 Å². The monoisotopic (exact) mass is 321 g/mol. The lowest BCUT2D eigenvalue weighted by atomic mass is 10.2. The normalized spacial score (nSPS) is 14.2. The second-order valence-electron chi connectivity index (χ2n) is 6.55. The summed E-state index contributed by atoms with van der Waals surface area (Å²) in [4.78, 5) is 9.42. The molecule has 0 bridgehead atoms. The van der Waals surface area contributed by atoms with Crippen molar-refractivity contribution in [2.45, 2.75) is 51.7 Å². The van der Waals surface area contributed by atoms with Crippen molar-refractivity contribution < 1.29 is 4.74 Å². The number of pyridine rings is 1. The van der Waals surface area contributed by atoms with Gasteiger partial charge < -0.3 is 9.30 Å². The van der Waals surface area contributed by atoms with Crippen LogP contribution >= 0.6 is 0 Å². The highest BCUT2D eigenvalue weighted by Crippen LogP contribution is 2.39. The number of ether oxygens (including phenoxy) is 1. The molecule has 0 amide bonds. The summed E-state index contributed by atoms with van der Waals surface area (Å²) in [7, 11) is 0. The van der Waals surface area contributed by atoms with Gasteiger partial charge in [0.05, 0.1) is 11.8 Å². The first kappa shape index (κ1) is 15.2. The molecule has 3 aromatic rings. The van der Waals surface area contributed by atoms with Crippen LogP contribution in [0.15, 0.2) is 42.7 Å². The van der Waals surface area contributed by atoms with Gasteiger partial charge in [-0.05, 0) is 37.3 Å². The summed E-state index contributed by atoms with van der Waals surface area (Å²) in [5.41, 5.74) is 4.29. The Bertz CT molecular complexity index is 822. The fourth-order valence-corrected chi connectivity index (χ4v) is 3.02. The smallest absolute Gasteiger partial charge is 0.240 e. The summed E-state index contributed by atoms with van der Waals surface area (Å²) in [6.07, 6.45) is 7.67. The zero-order valence-electron chi connectivity index (χ0n) is 14.1. The van der Waals surface area contributed by atoms with E-state index in [4.69, 9.17) is 9.72 Å². The van der Waals surface area contributed by atoms with Gasteiger partial charge in [0.25, 0.3) is 0 Å². The summed E-state index contributed by atoms with van der Waals surface area (Å²) in [5.74, 6) is 0.729. The van der Waals surface area contributed by atoms with Crippen molar-refractivity contribution in [2.75, 3.05) is 0 Å². The first-order valence-electron chi connectivity index (χ1n) is 8.88. The predicted octanol–water partition coefficient (Wildman–Crippen LogP) is 4.69. The van der Waals surface area contributed by atoms with Crippen molar-refractivity contribution in [1.82, 2.24) is 14.5 Å². The van der Waals surface area contributed by atoms with E-state index < -0.39 is 0 Å². The third-order valence-corrected chi connectivity index (χ3v) is 4.52. The standard InChI is InChI=1S/C20H23N3O/c1-2-3-9-16-12-18-19(23(14-21-18)17-10-11-17)20(22-16)24-13-15-7-5-4-6-8-15/h4-8,12,14,17H,2-3,9-11,13H2,1H3. The summed E-state index contributed by atoms with van der Waals surface area (Å²) in [6.45, 7) is 2.74. The van der Waals surface area contributed by atoms with E-state index in [1.165, 1.54) is 12.8 Å². The minimum atomic E-state index is 0.538. The van der Waals surface area contributed by atoms with Crippen molar-refractivity contribution in [3.63, 3.8) is 0 Å². The molecule has 2 heterocycles. The lowest BCUT2D eigenvalue weighted by Gasteiger charge is -2.11. The number of hydrogen-bond donors (Lipinski definition) is 0. The largest absolute Gasteiger partial charge is 0.471 e. The lowest BCUT2D eigenvalue weighted by molar-refractivity contribution is 0.295. The lowest BCUT2D eigenvalue weighted by Crippen LogP contribution is -2.03. The fourth-order valence-electron chi connectivity index (χ4n) is 3.02. The molecule has 2 aromatic heterocycles. The fraction of sp³-hybridized carbons (Fsp3) is 0.400. The maximum Gasteiger partial charge on any atom is 0.240 e. The van der Waals surface area contributed by atoms with Crippen LogP contribution in [0, 0.1) is 0 Å². The molecule has 1 aliphatic rings. The molecule has 4 rings (SSSR count). The van der Waals surface area contributed by atoms with Gasteiger partial charge in [0.1, 0.15) is 12.1 Å². The number of unbranched alkanes of at least 4 members (excludes halogenated alkanes) is 1. The highest BCUT2D eigenvalue weighted by molar-refractivity contribution is 5.81. The zero-order chi connectivity index (χ0) is 16.4.